The molecule has 3 nitrogen and oxygen atoms in total. The molecule has 0 aromatic heterocycles. The lowest BCUT2D eigenvalue weighted by Gasteiger charge is -2.28. The summed E-state index contributed by atoms with van der Waals surface area (Å²) in [7, 11) is 0. The minimum Gasteiger partial charge on any atom is -0.349 e. The minimum atomic E-state index is -0.0932. The molecular weight excluding hydrogens is 236 g/mol. The van der Waals surface area contributed by atoms with Crippen LogP contribution in [0.1, 0.15) is 43.6 Å². The molecule has 0 aliphatic carbocycles. The number of benzene rings is 1. The van der Waals surface area contributed by atoms with Crippen molar-refractivity contribution in [3.63, 3.8) is 0 Å². The summed E-state index contributed by atoms with van der Waals surface area (Å²) >= 11 is 0. The maximum Gasteiger partial charge on any atom is 0.252 e. The Morgan fingerprint density at radius 3 is 2.58 bits per heavy atom. The van der Waals surface area contributed by atoms with E-state index in [1.165, 1.54) is 0 Å². The lowest BCUT2D eigenvalue weighted by Crippen LogP contribution is -2.41. The van der Waals surface area contributed by atoms with E-state index in [2.05, 4.69) is 37.9 Å². The molecule has 1 atom stereocenters. The van der Waals surface area contributed by atoms with E-state index >= 15 is 0 Å². The average molecular weight is 258 g/mol. The summed E-state index contributed by atoms with van der Waals surface area (Å²) in [5.74, 6) is 5.62. The van der Waals surface area contributed by atoms with Gasteiger partial charge in [-0.05, 0) is 24.5 Å². The number of nitrogens with two attached hydrogens (primary N) is 1. The van der Waals surface area contributed by atoms with Crippen molar-refractivity contribution in [3.05, 3.63) is 35.4 Å². The molecule has 0 bridgehead atoms. The van der Waals surface area contributed by atoms with Gasteiger partial charge < -0.3 is 11.1 Å². The van der Waals surface area contributed by atoms with Gasteiger partial charge in [-0.3, -0.25) is 4.79 Å². The summed E-state index contributed by atoms with van der Waals surface area (Å²) in [6.45, 7) is 8.58. The molecule has 102 valence electrons. The van der Waals surface area contributed by atoms with E-state index in [1.54, 1.807) is 6.07 Å². The highest BCUT2D eigenvalue weighted by atomic mass is 16.1. The Balaban J connectivity index is 2.94. The highest BCUT2D eigenvalue weighted by molar-refractivity contribution is 5.96. The minimum absolute atomic E-state index is 0.0214. The summed E-state index contributed by atoms with van der Waals surface area (Å²) in [6.07, 6.45) is 0. The van der Waals surface area contributed by atoms with Crippen LogP contribution in [0.4, 0.5) is 0 Å². The summed E-state index contributed by atoms with van der Waals surface area (Å²) in [6, 6.07) is 7.40. The van der Waals surface area contributed by atoms with Gasteiger partial charge in [0.2, 0.25) is 0 Å². The normalized spacial score (nSPS) is 12.3. The van der Waals surface area contributed by atoms with E-state index < -0.39 is 0 Å². The summed E-state index contributed by atoms with van der Waals surface area (Å²) < 4.78 is 0. The van der Waals surface area contributed by atoms with Crippen molar-refractivity contribution in [1.29, 1.82) is 0 Å². The van der Waals surface area contributed by atoms with Crippen molar-refractivity contribution in [2.45, 2.75) is 33.7 Å². The van der Waals surface area contributed by atoms with E-state index in [1.807, 2.05) is 25.1 Å². The Hall–Kier alpha value is -1.79. The van der Waals surface area contributed by atoms with Crippen LogP contribution >= 0.6 is 0 Å². The molecule has 1 rings (SSSR count). The van der Waals surface area contributed by atoms with Crippen LogP contribution in [-0.2, 0) is 0 Å². The average Bonchev–Trinajstić information content (AvgIpc) is 2.35. The van der Waals surface area contributed by atoms with Crippen LogP contribution in [0.2, 0.25) is 0 Å². The van der Waals surface area contributed by atoms with Gasteiger partial charge in [0.05, 0.1) is 12.1 Å². The van der Waals surface area contributed by atoms with Gasteiger partial charge in [-0.25, -0.2) is 0 Å². The molecule has 0 saturated heterocycles. The van der Waals surface area contributed by atoms with Gasteiger partial charge in [-0.1, -0.05) is 44.7 Å². The molecule has 0 fully saturated rings. The fourth-order valence-electron chi connectivity index (χ4n) is 1.43. The third-order valence-electron chi connectivity index (χ3n) is 3.14. The van der Waals surface area contributed by atoms with Crippen molar-refractivity contribution >= 4 is 5.91 Å². The molecule has 0 heterocycles. The third kappa shape index (κ3) is 4.42. The van der Waals surface area contributed by atoms with Gasteiger partial charge in [0.1, 0.15) is 0 Å². The highest BCUT2D eigenvalue weighted by Gasteiger charge is 2.22. The van der Waals surface area contributed by atoms with Crippen molar-refractivity contribution < 1.29 is 4.79 Å². The fraction of sp³-hybridized carbons (Fsp3) is 0.438. The zero-order valence-corrected chi connectivity index (χ0v) is 12.1. The van der Waals surface area contributed by atoms with Crippen LogP contribution in [0.15, 0.2) is 24.3 Å². The van der Waals surface area contributed by atoms with E-state index in [-0.39, 0.29) is 23.9 Å². The van der Waals surface area contributed by atoms with Crippen molar-refractivity contribution in [2.24, 2.45) is 11.1 Å². The Bertz CT molecular complexity index is 503. The summed E-state index contributed by atoms with van der Waals surface area (Å²) in [5, 5.41) is 3.01. The molecule has 3 heteroatoms. The van der Waals surface area contributed by atoms with Gasteiger partial charge in [-0.2, -0.15) is 0 Å². The van der Waals surface area contributed by atoms with Crippen molar-refractivity contribution in [3.8, 4) is 11.8 Å². The Kier molecular flexibility index (Phi) is 5.14. The predicted molar refractivity (Wildman–Crippen MR) is 78.8 cm³/mol. The molecule has 19 heavy (non-hydrogen) atoms. The lowest BCUT2D eigenvalue weighted by molar-refractivity contribution is 0.0910. The second-order valence-electron chi connectivity index (χ2n) is 5.61. The second-order valence-corrected chi connectivity index (χ2v) is 5.61. The quantitative estimate of drug-likeness (QED) is 0.799. The van der Waals surface area contributed by atoms with E-state index in [4.69, 9.17) is 5.73 Å². The SMILES string of the molecule is CC(NC(=O)c1ccccc1C#CCN)C(C)(C)C. The zero-order valence-electron chi connectivity index (χ0n) is 12.1. The lowest BCUT2D eigenvalue weighted by atomic mass is 9.88. The highest BCUT2D eigenvalue weighted by Crippen LogP contribution is 2.19. The summed E-state index contributed by atoms with van der Waals surface area (Å²) in [4.78, 5) is 12.3. The van der Waals surface area contributed by atoms with Gasteiger partial charge in [0, 0.05) is 11.6 Å². The molecular formula is C16H22N2O. The van der Waals surface area contributed by atoms with Crippen LogP contribution in [0.25, 0.3) is 0 Å². The first-order valence-electron chi connectivity index (χ1n) is 6.45. The largest absolute Gasteiger partial charge is 0.349 e. The number of carbonyl (C=O) groups is 1. The van der Waals surface area contributed by atoms with Gasteiger partial charge in [0.25, 0.3) is 5.91 Å². The molecule has 0 saturated carbocycles. The maximum atomic E-state index is 12.3. The monoisotopic (exact) mass is 258 g/mol. The van der Waals surface area contributed by atoms with Crippen LogP contribution in [0.5, 0.6) is 0 Å². The van der Waals surface area contributed by atoms with E-state index in [9.17, 15) is 4.79 Å². The first-order valence-corrected chi connectivity index (χ1v) is 6.45. The smallest absolute Gasteiger partial charge is 0.252 e. The summed E-state index contributed by atoms with van der Waals surface area (Å²) in [5.41, 5.74) is 6.70. The molecule has 1 amide bonds. The predicted octanol–water partition coefficient (Wildman–Crippen LogP) is 2.16. The van der Waals surface area contributed by atoms with Crippen LogP contribution < -0.4 is 11.1 Å². The molecule has 0 aliphatic heterocycles. The first kappa shape index (κ1) is 15.3. The molecule has 0 aliphatic rings. The number of rotatable bonds is 2. The molecule has 1 aromatic carbocycles. The van der Waals surface area contributed by atoms with Crippen LogP contribution in [-0.4, -0.2) is 18.5 Å². The Morgan fingerprint density at radius 1 is 1.37 bits per heavy atom. The molecule has 0 spiro atoms. The maximum absolute atomic E-state index is 12.3. The Morgan fingerprint density at radius 2 is 2.00 bits per heavy atom. The topological polar surface area (TPSA) is 55.1 Å². The van der Waals surface area contributed by atoms with E-state index in [0.29, 0.717) is 11.1 Å². The number of nitrogens with one attached hydrogen (secondary N) is 1. The standard InChI is InChI=1S/C16H22N2O/c1-12(16(2,3)4)18-15(19)14-10-6-5-8-13(14)9-7-11-17/h5-6,8,10,12H,11,17H2,1-4H3,(H,18,19). The number of amides is 1. The first-order chi connectivity index (χ1) is 8.86. The van der Waals surface area contributed by atoms with Gasteiger partial charge in [-0.15, -0.1) is 0 Å². The van der Waals surface area contributed by atoms with Crippen LogP contribution in [0, 0.1) is 17.3 Å². The van der Waals surface area contributed by atoms with Crippen molar-refractivity contribution in [1.82, 2.24) is 5.32 Å². The zero-order chi connectivity index (χ0) is 14.5. The van der Waals surface area contributed by atoms with Gasteiger partial charge in [0.15, 0.2) is 0 Å². The number of carbonyl (C=O) groups excluding carboxylic acids is 1. The second kappa shape index (κ2) is 6.40. The fourth-order valence-corrected chi connectivity index (χ4v) is 1.43. The number of hydrogen-bond donors (Lipinski definition) is 2. The Labute approximate surface area is 115 Å². The molecule has 1 unspecified atom stereocenters. The van der Waals surface area contributed by atoms with Gasteiger partial charge >= 0.3 is 0 Å². The molecule has 3 N–H and O–H groups in total. The molecule has 0 radical (unpaired) electrons. The number of hydrogen-bond acceptors (Lipinski definition) is 2. The third-order valence-corrected chi connectivity index (χ3v) is 3.14. The van der Waals surface area contributed by atoms with Crippen LogP contribution in [0.3, 0.4) is 0 Å². The molecule has 1 aromatic rings. The van der Waals surface area contributed by atoms with E-state index in [0.717, 1.165) is 0 Å². The van der Waals surface area contributed by atoms with Crippen molar-refractivity contribution in [2.75, 3.05) is 6.54 Å².